The topological polar surface area (TPSA) is 3.88 Å². The Morgan fingerprint density at radius 2 is 0.971 bits per heavy atom. The van der Waals surface area contributed by atoms with E-state index in [0.29, 0.717) is 0 Å². The number of unbranched alkanes of at least 4 members (excludes halogenated alkanes) is 15. The minimum Gasteiger partial charge on any atom is -0.200 e. The number of hydrogen-bond donors (Lipinski definition) is 0. The molecule has 0 aliphatic heterocycles. The van der Waals surface area contributed by atoms with Gasteiger partial charge in [0, 0.05) is 17.0 Å². The van der Waals surface area contributed by atoms with Crippen molar-refractivity contribution in [3.05, 3.63) is 78.1 Å². The van der Waals surface area contributed by atoms with E-state index in [1.54, 1.807) is 0 Å². The van der Waals surface area contributed by atoms with Crippen molar-refractivity contribution in [3.63, 3.8) is 0 Å². The van der Waals surface area contributed by atoms with E-state index in [1.807, 2.05) is 0 Å². The molecule has 35 heavy (non-hydrogen) atoms. The van der Waals surface area contributed by atoms with E-state index in [4.69, 9.17) is 0 Å². The fourth-order valence-electron chi connectivity index (χ4n) is 5.18. The normalized spacial score (nSPS) is 11.3. The zero-order chi connectivity index (χ0) is 24.4. The van der Waals surface area contributed by atoms with E-state index in [0.717, 1.165) is 6.54 Å². The fraction of sp³-hybridized carbons (Fsp3) is 0.559. The van der Waals surface area contributed by atoms with Gasteiger partial charge in [0.15, 0.2) is 18.9 Å². The van der Waals surface area contributed by atoms with E-state index >= 15 is 0 Å². The molecular formula is C34H50N+. The lowest BCUT2D eigenvalue weighted by Crippen LogP contribution is -2.33. The van der Waals surface area contributed by atoms with Gasteiger partial charge >= 0.3 is 0 Å². The highest BCUT2D eigenvalue weighted by Crippen LogP contribution is 2.15. The number of aromatic nitrogens is 1. The Kier molecular flexibility index (Phi) is 13.6. The lowest BCUT2D eigenvalue weighted by molar-refractivity contribution is -0.687. The molecule has 0 unspecified atom stereocenters. The average Bonchev–Trinajstić information content (AvgIpc) is 2.89. The molecule has 2 aromatic carbocycles. The summed E-state index contributed by atoms with van der Waals surface area (Å²) in [6.07, 6.45) is 28.6. The molecule has 1 heterocycles. The van der Waals surface area contributed by atoms with Crippen LogP contribution in [0.5, 0.6) is 0 Å². The summed E-state index contributed by atoms with van der Waals surface area (Å²) < 4.78 is 2.28. The summed E-state index contributed by atoms with van der Waals surface area (Å²) in [5.41, 5.74) is 2.86. The second-order valence-electron chi connectivity index (χ2n) is 10.6. The predicted molar refractivity (Wildman–Crippen MR) is 153 cm³/mol. The molecule has 3 aromatic rings. The molecule has 0 spiro atoms. The van der Waals surface area contributed by atoms with Crippen LogP contribution in [0.2, 0.25) is 0 Å². The lowest BCUT2D eigenvalue weighted by Gasteiger charge is -2.05. The van der Waals surface area contributed by atoms with Crippen molar-refractivity contribution in [3.8, 4) is 0 Å². The number of rotatable bonds is 19. The Labute approximate surface area is 216 Å². The summed E-state index contributed by atoms with van der Waals surface area (Å²) in [6.45, 7) is 3.23. The van der Waals surface area contributed by atoms with Gasteiger partial charge in [0.1, 0.15) is 0 Å². The second kappa shape index (κ2) is 17.3. The summed E-state index contributed by atoms with van der Waals surface area (Å²) in [7, 11) is 0. The molecule has 0 saturated heterocycles. The molecule has 1 heteroatoms. The van der Waals surface area contributed by atoms with Gasteiger partial charge in [-0.25, -0.2) is 4.57 Å². The highest BCUT2D eigenvalue weighted by Gasteiger charge is 2.05. The Bertz CT molecular complexity index is 927. The van der Waals surface area contributed by atoms with Crippen molar-refractivity contribution < 1.29 is 4.57 Å². The molecular weight excluding hydrogens is 422 g/mol. The Balaban J connectivity index is 1.16. The number of fused-ring (bicyclic) bond motifs is 1. The first-order chi connectivity index (χ1) is 17.3. The quantitative estimate of drug-likeness (QED) is 0.121. The van der Waals surface area contributed by atoms with E-state index in [-0.39, 0.29) is 0 Å². The molecule has 0 aliphatic carbocycles. The van der Waals surface area contributed by atoms with Crippen LogP contribution in [-0.2, 0) is 13.0 Å². The predicted octanol–water partition coefficient (Wildman–Crippen LogP) is 9.98. The van der Waals surface area contributed by atoms with Gasteiger partial charge in [-0.2, -0.15) is 0 Å². The average molecular weight is 473 g/mol. The zero-order valence-electron chi connectivity index (χ0n) is 22.5. The highest BCUT2D eigenvalue weighted by atomic mass is 14.9. The van der Waals surface area contributed by atoms with Crippen LogP contribution in [-0.4, -0.2) is 0 Å². The summed E-state index contributed by atoms with van der Waals surface area (Å²) in [5, 5.41) is 2.60. The molecule has 0 amide bonds. The second-order valence-corrected chi connectivity index (χ2v) is 10.6. The van der Waals surface area contributed by atoms with Crippen molar-refractivity contribution >= 4 is 10.8 Å². The van der Waals surface area contributed by atoms with Gasteiger partial charge in [-0.15, -0.1) is 0 Å². The van der Waals surface area contributed by atoms with Crippen LogP contribution >= 0.6 is 0 Å². The number of pyridine rings is 1. The van der Waals surface area contributed by atoms with Gasteiger partial charge < -0.3 is 0 Å². The van der Waals surface area contributed by atoms with Crippen molar-refractivity contribution in [1.29, 1.82) is 0 Å². The van der Waals surface area contributed by atoms with Crippen molar-refractivity contribution in [2.24, 2.45) is 0 Å². The van der Waals surface area contributed by atoms with Gasteiger partial charge in [-0.1, -0.05) is 146 Å². The Morgan fingerprint density at radius 3 is 1.54 bits per heavy atom. The Morgan fingerprint density at radius 1 is 0.486 bits per heavy atom. The van der Waals surface area contributed by atoms with E-state index < -0.39 is 0 Å². The molecule has 0 bridgehead atoms. The molecule has 0 fully saturated rings. The summed E-state index contributed by atoms with van der Waals surface area (Å²) >= 11 is 0. The van der Waals surface area contributed by atoms with Crippen molar-refractivity contribution in [2.45, 2.75) is 123 Å². The maximum absolute atomic E-state index is 2.34. The van der Waals surface area contributed by atoms with Crippen molar-refractivity contribution in [1.82, 2.24) is 0 Å². The fourth-order valence-corrected chi connectivity index (χ4v) is 5.18. The molecule has 0 radical (unpaired) electrons. The lowest BCUT2D eigenvalue weighted by atomic mass is 10.0. The van der Waals surface area contributed by atoms with Crippen LogP contribution in [0.3, 0.4) is 0 Å². The first-order valence-corrected chi connectivity index (χ1v) is 14.8. The van der Waals surface area contributed by atoms with Crippen LogP contribution in [0.4, 0.5) is 0 Å². The molecule has 0 atom stereocenters. The molecule has 0 N–H and O–H groups in total. The third-order valence-electron chi connectivity index (χ3n) is 7.45. The minimum atomic E-state index is 0.935. The number of hydrogen-bond acceptors (Lipinski definition) is 0. The monoisotopic (exact) mass is 472 g/mol. The summed E-state index contributed by atoms with van der Waals surface area (Å²) in [5.74, 6) is 0. The van der Waals surface area contributed by atoms with Crippen LogP contribution in [0, 0.1) is 0 Å². The highest BCUT2D eigenvalue weighted by molar-refractivity contribution is 5.80. The maximum atomic E-state index is 2.34. The standard InChI is InChI=1S/C34H50N/c1-2-3-4-5-6-7-8-9-10-11-12-13-14-15-16-17-20-31-23-25-32(26-24-31)29-35-28-27-33-21-18-19-22-34(33)30-35/h18-19,21-28,30H,2-17,20,29H2,1H3/q+1. The minimum absolute atomic E-state index is 0.935. The molecule has 0 aliphatic rings. The molecule has 3 rings (SSSR count). The van der Waals surface area contributed by atoms with E-state index in [9.17, 15) is 0 Å². The molecule has 190 valence electrons. The largest absolute Gasteiger partial charge is 0.200 e. The SMILES string of the molecule is CCCCCCCCCCCCCCCCCCc1ccc(C[n+]2ccc3ccccc3c2)cc1. The first-order valence-electron chi connectivity index (χ1n) is 14.8. The van der Waals surface area contributed by atoms with Crippen LogP contribution in [0.25, 0.3) is 10.8 Å². The molecule has 0 saturated carbocycles. The Hall–Kier alpha value is -2.15. The number of benzene rings is 2. The van der Waals surface area contributed by atoms with Gasteiger partial charge in [-0.3, -0.25) is 0 Å². The van der Waals surface area contributed by atoms with E-state index in [2.05, 4.69) is 78.5 Å². The summed E-state index contributed by atoms with van der Waals surface area (Å²) in [4.78, 5) is 0. The summed E-state index contributed by atoms with van der Waals surface area (Å²) in [6, 6.07) is 20.1. The molecule has 1 nitrogen and oxygen atoms in total. The third kappa shape index (κ3) is 11.4. The third-order valence-corrected chi connectivity index (χ3v) is 7.45. The maximum Gasteiger partial charge on any atom is 0.176 e. The zero-order valence-corrected chi connectivity index (χ0v) is 22.5. The van der Waals surface area contributed by atoms with Gasteiger partial charge in [0.25, 0.3) is 0 Å². The van der Waals surface area contributed by atoms with E-state index in [1.165, 1.54) is 131 Å². The van der Waals surface area contributed by atoms with Gasteiger partial charge in [0.05, 0.1) is 0 Å². The van der Waals surface area contributed by atoms with Crippen molar-refractivity contribution in [2.75, 3.05) is 0 Å². The number of nitrogens with zero attached hydrogens (tertiary/aromatic N) is 1. The smallest absolute Gasteiger partial charge is 0.176 e. The first kappa shape index (κ1) is 27.4. The molecule has 1 aromatic heterocycles. The van der Waals surface area contributed by atoms with Crippen LogP contribution in [0.1, 0.15) is 121 Å². The van der Waals surface area contributed by atoms with Gasteiger partial charge in [0.2, 0.25) is 0 Å². The van der Waals surface area contributed by atoms with Gasteiger partial charge in [-0.05, 0) is 29.9 Å². The van der Waals surface area contributed by atoms with Crippen LogP contribution < -0.4 is 4.57 Å². The van der Waals surface area contributed by atoms with Crippen LogP contribution in [0.15, 0.2) is 67.0 Å². The number of aryl methyl sites for hydroxylation is 1.